The minimum absolute atomic E-state index is 0.153. The lowest BCUT2D eigenvalue weighted by Gasteiger charge is -1.98. The van der Waals surface area contributed by atoms with E-state index in [0.29, 0.717) is 6.42 Å². The van der Waals surface area contributed by atoms with E-state index in [2.05, 4.69) is 4.99 Å². The summed E-state index contributed by atoms with van der Waals surface area (Å²) in [6.07, 6.45) is 2.24. The van der Waals surface area contributed by atoms with Gasteiger partial charge in [0.1, 0.15) is 5.75 Å². The number of nitrogens with zero attached hydrogens (tertiary/aromatic N) is 1. The van der Waals surface area contributed by atoms with Crippen LogP contribution in [0.25, 0.3) is 0 Å². The zero-order chi connectivity index (χ0) is 11.1. The number of ether oxygens (including phenoxy) is 1. The van der Waals surface area contributed by atoms with Crippen molar-refractivity contribution in [3.8, 4) is 5.75 Å². The van der Waals surface area contributed by atoms with Crippen LogP contribution in [0, 0.1) is 0 Å². The van der Waals surface area contributed by atoms with Gasteiger partial charge in [-0.2, -0.15) is 0 Å². The quantitative estimate of drug-likeness (QED) is 0.690. The van der Waals surface area contributed by atoms with Crippen LogP contribution < -0.4 is 4.74 Å². The molecular weight excluding hydrogens is 190 g/mol. The summed E-state index contributed by atoms with van der Waals surface area (Å²) in [5.74, 6) is 0.969. The van der Waals surface area contributed by atoms with Gasteiger partial charge in [0, 0.05) is 12.6 Å². The Balaban J connectivity index is 2.53. The molecule has 0 atom stereocenters. The van der Waals surface area contributed by atoms with Gasteiger partial charge in [0.05, 0.1) is 13.7 Å². The zero-order valence-electron chi connectivity index (χ0n) is 9.06. The number of methoxy groups -OCH3 is 1. The molecular formula is C12H15NO2. The minimum atomic E-state index is 0.153. The van der Waals surface area contributed by atoms with E-state index >= 15 is 0 Å². The normalized spacial score (nSPS) is 10.5. The van der Waals surface area contributed by atoms with Crippen molar-refractivity contribution >= 4 is 12.0 Å². The Morgan fingerprint density at radius 3 is 2.60 bits per heavy atom. The van der Waals surface area contributed by atoms with E-state index < -0.39 is 0 Å². The smallest absolute Gasteiger partial charge is 0.153 e. The summed E-state index contributed by atoms with van der Waals surface area (Å²) < 4.78 is 5.03. The average molecular weight is 205 g/mol. The van der Waals surface area contributed by atoms with Crippen molar-refractivity contribution in [1.29, 1.82) is 0 Å². The van der Waals surface area contributed by atoms with Crippen LogP contribution in [-0.2, 0) is 4.79 Å². The van der Waals surface area contributed by atoms with Crippen LogP contribution in [0.4, 0.5) is 0 Å². The van der Waals surface area contributed by atoms with Gasteiger partial charge in [-0.05, 0) is 29.8 Å². The highest BCUT2D eigenvalue weighted by Gasteiger charge is 1.94. The molecule has 0 radical (unpaired) electrons. The van der Waals surface area contributed by atoms with Crippen LogP contribution in [0.15, 0.2) is 29.3 Å². The Morgan fingerprint density at radius 1 is 1.40 bits per heavy atom. The molecule has 3 nitrogen and oxygen atoms in total. The lowest BCUT2D eigenvalue weighted by atomic mass is 10.2. The van der Waals surface area contributed by atoms with Gasteiger partial charge in [-0.25, -0.2) is 0 Å². The van der Waals surface area contributed by atoms with Crippen LogP contribution in [0.3, 0.4) is 0 Å². The van der Waals surface area contributed by atoms with Gasteiger partial charge in [0.2, 0.25) is 0 Å². The molecule has 1 aromatic rings. The van der Waals surface area contributed by atoms with Gasteiger partial charge in [0.25, 0.3) is 0 Å². The standard InChI is InChI=1S/C12H15NO2/c1-3-11(14)9-13-8-10-4-6-12(15-2)7-5-10/h4-8H,3,9H2,1-2H3/b13-8-. The molecule has 0 heterocycles. The lowest BCUT2D eigenvalue weighted by Crippen LogP contribution is -1.99. The molecule has 80 valence electrons. The van der Waals surface area contributed by atoms with E-state index in [9.17, 15) is 4.79 Å². The molecule has 3 heteroatoms. The topological polar surface area (TPSA) is 38.7 Å². The summed E-state index contributed by atoms with van der Waals surface area (Å²) in [4.78, 5) is 15.0. The van der Waals surface area contributed by atoms with E-state index in [0.717, 1.165) is 11.3 Å². The van der Waals surface area contributed by atoms with Crippen molar-refractivity contribution in [3.05, 3.63) is 29.8 Å². The summed E-state index contributed by atoms with van der Waals surface area (Å²) in [5.41, 5.74) is 0.972. The van der Waals surface area contributed by atoms with Gasteiger partial charge < -0.3 is 4.74 Å². The largest absolute Gasteiger partial charge is 0.497 e. The maximum absolute atomic E-state index is 11.0. The van der Waals surface area contributed by atoms with Crippen LogP contribution in [-0.4, -0.2) is 25.7 Å². The fourth-order valence-corrected chi connectivity index (χ4v) is 1.05. The molecule has 0 unspecified atom stereocenters. The predicted octanol–water partition coefficient (Wildman–Crippen LogP) is 2.09. The van der Waals surface area contributed by atoms with Gasteiger partial charge >= 0.3 is 0 Å². The first-order valence-electron chi connectivity index (χ1n) is 4.92. The van der Waals surface area contributed by atoms with Gasteiger partial charge in [-0.3, -0.25) is 9.79 Å². The number of carbonyl (C=O) groups excluding carboxylic acids is 1. The molecule has 0 N–H and O–H groups in total. The first-order chi connectivity index (χ1) is 7.26. The fraction of sp³-hybridized carbons (Fsp3) is 0.333. The average Bonchev–Trinajstić information content (AvgIpc) is 2.29. The van der Waals surface area contributed by atoms with Gasteiger partial charge in [-0.15, -0.1) is 0 Å². The summed E-state index contributed by atoms with van der Waals surface area (Å²) >= 11 is 0. The van der Waals surface area contributed by atoms with Crippen molar-refractivity contribution < 1.29 is 9.53 Å². The Hall–Kier alpha value is -1.64. The number of carbonyl (C=O) groups is 1. The Morgan fingerprint density at radius 2 is 2.07 bits per heavy atom. The van der Waals surface area contributed by atoms with E-state index in [1.54, 1.807) is 13.3 Å². The molecule has 0 aromatic heterocycles. The highest BCUT2D eigenvalue weighted by atomic mass is 16.5. The van der Waals surface area contributed by atoms with Crippen molar-refractivity contribution in [3.63, 3.8) is 0 Å². The van der Waals surface area contributed by atoms with E-state index in [1.807, 2.05) is 31.2 Å². The van der Waals surface area contributed by atoms with Crippen molar-refractivity contribution in [2.45, 2.75) is 13.3 Å². The molecule has 1 aromatic carbocycles. The second-order valence-electron chi connectivity index (χ2n) is 3.14. The maximum Gasteiger partial charge on any atom is 0.153 e. The summed E-state index contributed by atoms with van der Waals surface area (Å²) in [7, 11) is 1.63. The second-order valence-corrected chi connectivity index (χ2v) is 3.14. The molecule has 1 rings (SSSR count). The van der Waals surface area contributed by atoms with E-state index in [-0.39, 0.29) is 12.3 Å². The molecule has 0 bridgehead atoms. The van der Waals surface area contributed by atoms with Gasteiger partial charge in [0.15, 0.2) is 5.78 Å². The molecule has 0 aliphatic rings. The molecule has 0 amide bonds. The maximum atomic E-state index is 11.0. The van der Waals surface area contributed by atoms with Crippen LogP contribution in [0.2, 0.25) is 0 Å². The molecule has 0 aliphatic carbocycles. The third-order valence-corrected chi connectivity index (χ3v) is 2.02. The summed E-state index contributed by atoms with van der Waals surface area (Å²) in [5, 5.41) is 0. The number of rotatable bonds is 5. The van der Waals surface area contributed by atoms with Crippen molar-refractivity contribution in [2.24, 2.45) is 4.99 Å². The minimum Gasteiger partial charge on any atom is -0.497 e. The zero-order valence-corrected chi connectivity index (χ0v) is 9.06. The van der Waals surface area contributed by atoms with E-state index in [4.69, 9.17) is 4.74 Å². The van der Waals surface area contributed by atoms with Crippen molar-refractivity contribution in [1.82, 2.24) is 0 Å². The molecule has 0 saturated heterocycles. The van der Waals surface area contributed by atoms with Gasteiger partial charge in [-0.1, -0.05) is 6.92 Å². The molecule has 0 saturated carbocycles. The molecule has 15 heavy (non-hydrogen) atoms. The second kappa shape index (κ2) is 5.96. The van der Waals surface area contributed by atoms with Crippen molar-refractivity contribution in [2.75, 3.05) is 13.7 Å². The third kappa shape index (κ3) is 3.94. The van der Waals surface area contributed by atoms with E-state index in [1.165, 1.54) is 0 Å². The van der Waals surface area contributed by atoms with Crippen LogP contribution >= 0.6 is 0 Å². The number of aliphatic imine (C=N–C) groups is 1. The molecule has 0 aliphatic heterocycles. The van der Waals surface area contributed by atoms with Crippen LogP contribution in [0.5, 0.6) is 5.75 Å². The Labute approximate surface area is 89.8 Å². The predicted molar refractivity (Wildman–Crippen MR) is 60.8 cm³/mol. The van der Waals surface area contributed by atoms with Crippen LogP contribution in [0.1, 0.15) is 18.9 Å². The fourth-order valence-electron chi connectivity index (χ4n) is 1.05. The highest BCUT2D eigenvalue weighted by Crippen LogP contribution is 2.09. The first kappa shape index (κ1) is 11.4. The monoisotopic (exact) mass is 205 g/mol. The Bertz CT molecular complexity index is 341. The number of hydrogen-bond acceptors (Lipinski definition) is 3. The summed E-state index contributed by atoms with van der Waals surface area (Å²) in [6, 6.07) is 7.53. The number of benzene rings is 1. The number of ketones is 1. The highest BCUT2D eigenvalue weighted by molar-refractivity contribution is 5.85. The number of hydrogen-bond donors (Lipinski definition) is 0. The Kier molecular flexibility index (Phi) is 4.54. The third-order valence-electron chi connectivity index (χ3n) is 2.02. The summed E-state index contributed by atoms with van der Waals surface area (Å²) in [6.45, 7) is 2.10. The first-order valence-corrected chi connectivity index (χ1v) is 4.92. The molecule has 0 spiro atoms. The molecule has 0 fully saturated rings. The lowest BCUT2D eigenvalue weighted by molar-refractivity contribution is -0.117. The SMILES string of the molecule is CCC(=O)C/N=C\c1ccc(OC)cc1. The number of Topliss-reactive ketones (excluding diaryl/α,β-unsaturated/α-hetero) is 1.